The van der Waals surface area contributed by atoms with Gasteiger partial charge in [-0.1, -0.05) is 26.2 Å². The molecule has 0 aromatic heterocycles. The monoisotopic (exact) mass is 268 g/mol. The molecule has 2 unspecified atom stereocenters. The van der Waals surface area contributed by atoms with Crippen LogP contribution in [0.2, 0.25) is 0 Å². The Morgan fingerprint density at radius 1 is 1.26 bits per heavy atom. The van der Waals surface area contributed by atoms with E-state index in [1.54, 1.807) is 0 Å². The zero-order valence-corrected chi connectivity index (χ0v) is 12.1. The van der Waals surface area contributed by atoms with Gasteiger partial charge >= 0.3 is 0 Å². The Morgan fingerprint density at radius 3 is 2.68 bits per heavy atom. The number of ether oxygens (including phenoxy) is 1. The lowest BCUT2D eigenvalue weighted by atomic mass is 9.92. The summed E-state index contributed by atoms with van der Waals surface area (Å²) in [5.74, 6) is 0.810. The second-order valence-corrected chi connectivity index (χ2v) is 6.18. The first-order valence-corrected chi connectivity index (χ1v) is 7.82. The summed E-state index contributed by atoms with van der Waals surface area (Å²) in [6.07, 6.45) is 8.45. The third-order valence-electron chi connectivity index (χ3n) is 4.57. The van der Waals surface area contributed by atoms with Crippen LogP contribution in [0.25, 0.3) is 0 Å². The standard InChI is InChI=1S/C15H28N2O2/c1-12-7-8-17(13(9-12)10-16)15(18)11-19-14-5-3-2-4-6-14/h12-14H,2-11,16H2,1H3. The SMILES string of the molecule is CC1CCN(C(=O)COC2CCCCC2)C(CN)C1. The predicted octanol–water partition coefficient (Wildman–Crippen LogP) is 1.92. The Kier molecular flexibility index (Phi) is 5.64. The minimum Gasteiger partial charge on any atom is -0.368 e. The smallest absolute Gasteiger partial charge is 0.248 e. The number of carbonyl (C=O) groups is 1. The van der Waals surface area contributed by atoms with Crippen LogP contribution in [0.3, 0.4) is 0 Å². The van der Waals surface area contributed by atoms with Crippen LogP contribution in [-0.2, 0) is 9.53 Å². The van der Waals surface area contributed by atoms with Crippen molar-refractivity contribution in [3.63, 3.8) is 0 Å². The molecule has 0 radical (unpaired) electrons. The number of nitrogens with two attached hydrogens (primary N) is 1. The number of likely N-dealkylation sites (tertiary alicyclic amines) is 1. The molecule has 1 heterocycles. The zero-order chi connectivity index (χ0) is 13.7. The number of hydrogen-bond donors (Lipinski definition) is 1. The number of amides is 1. The lowest BCUT2D eigenvalue weighted by Gasteiger charge is -2.38. The average Bonchev–Trinajstić information content (AvgIpc) is 2.45. The molecule has 2 fully saturated rings. The van der Waals surface area contributed by atoms with Crippen LogP contribution < -0.4 is 5.73 Å². The predicted molar refractivity (Wildman–Crippen MR) is 75.8 cm³/mol. The van der Waals surface area contributed by atoms with E-state index in [9.17, 15) is 4.79 Å². The highest BCUT2D eigenvalue weighted by Gasteiger charge is 2.29. The second-order valence-electron chi connectivity index (χ2n) is 6.18. The van der Waals surface area contributed by atoms with Crippen molar-refractivity contribution in [3.8, 4) is 0 Å². The summed E-state index contributed by atoms with van der Waals surface area (Å²) in [5.41, 5.74) is 5.80. The fourth-order valence-electron chi connectivity index (χ4n) is 3.31. The van der Waals surface area contributed by atoms with Crippen molar-refractivity contribution < 1.29 is 9.53 Å². The molecule has 2 atom stereocenters. The Balaban J connectivity index is 1.77. The third kappa shape index (κ3) is 4.18. The Labute approximate surface area is 116 Å². The summed E-state index contributed by atoms with van der Waals surface area (Å²) >= 11 is 0. The molecule has 0 spiro atoms. The zero-order valence-electron chi connectivity index (χ0n) is 12.1. The van der Waals surface area contributed by atoms with Crippen LogP contribution in [0.15, 0.2) is 0 Å². The van der Waals surface area contributed by atoms with Crippen molar-refractivity contribution in [2.75, 3.05) is 19.7 Å². The summed E-state index contributed by atoms with van der Waals surface area (Å²) in [4.78, 5) is 14.2. The minimum atomic E-state index is 0.132. The molecule has 2 rings (SSSR count). The van der Waals surface area contributed by atoms with Gasteiger partial charge in [0.2, 0.25) is 5.91 Å². The Hall–Kier alpha value is -0.610. The van der Waals surface area contributed by atoms with Crippen molar-refractivity contribution in [1.29, 1.82) is 0 Å². The Bertz CT molecular complexity index is 290. The maximum Gasteiger partial charge on any atom is 0.248 e. The first-order chi connectivity index (χ1) is 9.20. The summed E-state index contributed by atoms with van der Waals surface area (Å²) < 4.78 is 5.79. The van der Waals surface area contributed by atoms with Crippen molar-refractivity contribution >= 4 is 5.91 Å². The highest BCUT2D eigenvalue weighted by molar-refractivity contribution is 5.78. The molecule has 4 nitrogen and oxygen atoms in total. The number of piperidine rings is 1. The van der Waals surface area contributed by atoms with E-state index < -0.39 is 0 Å². The molecule has 4 heteroatoms. The second kappa shape index (κ2) is 7.25. The highest BCUT2D eigenvalue weighted by Crippen LogP contribution is 2.23. The summed E-state index contributed by atoms with van der Waals surface area (Å²) in [5, 5.41) is 0. The van der Waals surface area contributed by atoms with Crippen LogP contribution in [0, 0.1) is 5.92 Å². The molecule has 1 saturated heterocycles. The summed E-state index contributed by atoms with van der Waals surface area (Å²) in [6.45, 7) is 3.90. The lowest BCUT2D eigenvalue weighted by Crippen LogP contribution is -2.50. The molecule has 0 bridgehead atoms. The van der Waals surface area contributed by atoms with Gasteiger partial charge < -0.3 is 15.4 Å². The van der Waals surface area contributed by atoms with Crippen LogP contribution in [0.1, 0.15) is 51.9 Å². The molecular weight excluding hydrogens is 240 g/mol. The van der Waals surface area contributed by atoms with Gasteiger partial charge in [-0.25, -0.2) is 0 Å². The van der Waals surface area contributed by atoms with Crippen LogP contribution in [0.4, 0.5) is 0 Å². The topological polar surface area (TPSA) is 55.6 Å². The quantitative estimate of drug-likeness (QED) is 0.847. The van der Waals surface area contributed by atoms with E-state index in [2.05, 4.69) is 6.92 Å². The first kappa shape index (κ1) is 14.8. The highest BCUT2D eigenvalue weighted by atomic mass is 16.5. The molecule has 0 aromatic carbocycles. The van der Waals surface area contributed by atoms with Gasteiger partial charge in [-0.2, -0.15) is 0 Å². The van der Waals surface area contributed by atoms with Crippen LogP contribution in [0.5, 0.6) is 0 Å². The largest absolute Gasteiger partial charge is 0.368 e. The van der Waals surface area contributed by atoms with Gasteiger partial charge in [-0.15, -0.1) is 0 Å². The van der Waals surface area contributed by atoms with E-state index >= 15 is 0 Å². The molecule has 110 valence electrons. The molecule has 2 N–H and O–H groups in total. The number of rotatable bonds is 4. The number of hydrogen-bond acceptors (Lipinski definition) is 3. The average molecular weight is 268 g/mol. The summed E-state index contributed by atoms with van der Waals surface area (Å²) in [6, 6.07) is 0.214. The Morgan fingerprint density at radius 2 is 2.00 bits per heavy atom. The van der Waals surface area contributed by atoms with Gasteiger partial charge in [0.15, 0.2) is 0 Å². The van der Waals surface area contributed by atoms with E-state index in [0.717, 1.165) is 32.2 Å². The van der Waals surface area contributed by atoms with E-state index in [1.165, 1.54) is 19.3 Å². The lowest BCUT2D eigenvalue weighted by molar-refractivity contribution is -0.143. The van der Waals surface area contributed by atoms with Gasteiger partial charge in [0.25, 0.3) is 0 Å². The minimum absolute atomic E-state index is 0.132. The molecule has 19 heavy (non-hydrogen) atoms. The van der Waals surface area contributed by atoms with Crippen molar-refractivity contribution in [3.05, 3.63) is 0 Å². The molecular formula is C15H28N2O2. The van der Waals surface area contributed by atoms with E-state index in [0.29, 0.717) is 18.6 Å². The van der Waals surface area contributed by atoms with Crippen LogP contribution in [-0.4, -0.2) is 42.6 Å². The molecule has 1 aliphatic heterocycles. The van der Waals surface area contributed by atoms with Crippen molar-refractivity contribution in [1.82, 2.24) is 4.90 Å². The van der Waals surface area contributed by atoms with E-state index in [-0.39, 0.29) is 18.6 Å². The molecule has 0 aromatic rings. The molecule has 2 aliphatic rings. The van der Waals surface area contributed by atoms with Gasteiger partial charge in [-0.3, -0.25) is 4.79 Å². The van der Waals surface area contributed by atoms with Crippen molar-refractivity contribution in [2.24, 2.45) is 11.7 Å². The fraction of sp³-hybridized carbons (Fsp3) is 0.933. The molecule has 1 aliphatic carbocycles. The third-order valence-corrected chi connectivity index (χ3v) is 4.57. The van der Waals surface area contributed by atoms with Gasteiger partial charge in [-0.05, 0) is 31.6 Å². The van der Waals surface area contributed by atoms with E-state index in [4.69, 9.17) is 10.5 Å². The van der Waals surface area contributed by atoms with Gasteiger partial charge in [0, 0.05) is 19.1 Å². The number of carbonyl (C=O) groups excluding carboxylic acids is 1. The first-order valence-electron chi connectivity index (χ1n) is 7.82. The number of nitrogens with zero attached hydrogens (tertiary/aromatic N) is 1. The van der Waals surface area contributed by atoms with E-state index in [1.807, 2.05) is 4.90 Å². The fourth-order valence-corrected chi connectivity index (χ4v) is 3.31. The maximum absolute atomic E-state index is 12.3. The molecule has 1 saturated carbocycles. The van der Waals surface area contributed by atoms with Crippen molar-refractivity contribution in [2.45, 2.75) is 64.0 Å². The van der Waals surface area contributed by atoms with Gasteiger partial charge in [0.05, 0.1) is 6.10 Å². The molecule has 1 amide bonds. The van der Waals surface area contributed by atoms with Gasteiger partial charge in [0.1, 0.15) is 6.61 Å². The van der Waals surface area contributed by atoms with Crippen LogP contribution >= 0.6 is 0 Å². The summed E-state index contributed by atoms with van der Waals surface area (Å²) in [7, 11) is 0. The maximum atomic E-state index is 12.3. The normalized spacial score (nSPS) is 29.5.